The lowest BCUT2D eigenvalue weighted by Gasteiger charge is -2.24. The van der Waals surface area contributed by atoms with Crippen LogP contribution in [0.3, 0.4) is 0 Å². The first kappa shape index (κ1) is 27.3. The van der Waals surface area contributed by atoms with Gasteiger partial charge in [0.05, 0.1) is 13.2 Å². The monoisotopic (exact) mass is 475 g/mol. The Kier molecular flexibility index (Phi) is 10.0. The third-order valence-electron chi connectivity index (χ3n) is 5.26. The van der Waals surface area contributed by atoms with Crippen LogP contribution in [0.5, 0.6) is 5.75 Å². The van der Waals surface area contributed by atoms with E-state index in [2.05, 4.69) is 0 Å². The lowest BCUT2D eigenvalue weighted by Crippen LogP contribution is -2.37. The summed E-state index contributed by atoms with van der Waals surface area (Å²) in [5.41, 5.74) is 11.3. The molecule has 0 heterocycles. The first-order valence-electron chi connectivity index (χ1n) is 10.6. The Bertz CT molecular complexity index is 1010. The Labute approximate surface area is 197 Å². The number of nitrogens with two attached hydrogens (primary N) is 2. The van der Waals surface area contributed by atoms with Gasteiger partial charge in [0.25, 0.3) is 5.91 Å². The van der Waals surface area contributed by atoms with Gasteiger partial charge < -0.3 is 41.2 Å². The van der Waals surface area contributed by atoms with Crippen LogP contribution < -0.4 is 27.1 Å². The van der Waals surface area contributed by atoms with Crippen LogP contribution in [-0.2, 0) is 11.3 Å². The van der Waals surface area contributed by atoms with Crippen molar-refractivity contribution in [3.8, 4) is 5.75 Å². The molecule has 2 aromatic carbocycles. The van der Waals surface area contributed by atoms with Gasteiger partial charge in [-0.2, -0.15) is 0 Å². The van der Waals surface area contributed by atoms with Gasteiger partial charge in [-0.05, 0) is 54.6 Å². The van der Waals surface area contributed by atoms with E-state index in [1.165, 1.54) is 24.1 Å². The van der Waals surface area contributed by atoms with Crippen LogP contribution in [-0.4, -0.2) is 70.7 Å². The van der Waals surface area contributed by atoms with Crippen LogP contribution in [0.15, 0.2) is 36.4 Å². The highest BCUT2D eigenvalue weighted by Gasteiger charge is 2.22. The maximum Gasteiger partial charge on any atom is 0.492 e. The van der Waals surface area contributed by atoms with Crippen LogP contribution in [0.1, 0.15) is 35.2 Å². The number of unbranched alkanes of at least 4 members (excludes halogenated alkanes) is 1. The Hall–Kier alpha value is -2.96. The highest BCUT2D eigenvalue weighted by atomic mass is 19.1. The van der Waals surface area contributed by atoms with Crippen LogP contribution in [0.2, 0.25) is 0 Å². The minimum atomic E-state index is -1.95. The van der Waals surface area contributed by atoms with Crippen molar-refractivity contribution < 1.29 is 38.8 Å². The number of amides is 2. The second-order valence-corrected chi connectivity index (χ2v) is 7.83. The molecular formula is C21H28B2FN3O7. The molecule has 2 amide bonds. The molecule has 1 atom stereocenters. The molecule has 13 heteroatoms. The van der Waals surface area contributed by atoms with Gasteiger partial charge in [-0.1, -0.05) is 12.1 Å². The van der Waals surface area contributed by atoms with Crippen molar-refractivity contribution in [2.24, 2.45) is 11.5 Å². The number of benzene rings is 2. The maximum atomic E-state index is 14.0. The Morgan fingerprint density at radius 1 is 1.09 bits per heavy atom. The highest BCUT2D eigenvalue weighted by Crippen LogP contribution is 2.17. The van der Waals surface area contributed by atoms with Gasteiger partial charge in [0, 0.05) is 24.1 Å². The maximum absolute atomic E-state index is 14.0. The summed E-state index contributed by atoms with van der Waals surface area (Å²) < 4.78 is 19.2. The van der Waals surface area contributed by atoms with E-state index in [0.29, 0.717) is 24.8 Å². The molecule has 182 valence electrons. The smallest absolute Gasteiger partial charge is 0.492 e. The average Bonchev–Trinajstić information content (AvgIpc) is 2.79. The number of hydrogen-bond acceptors (Lipinski definition) is 8. The molecule has 0 saturated heterocycles. The summed E-state index contributed by atoms with van der Waals surface area (Å²) >= 11 is 0. The number of carbonyl (C=O) groups excluding carboxylic acids is 2. The van der Waals surface area contributed by atoms with Crippen molar-refractivity contribution in [1.29, 1.82) is 0 Å². The summed E-state index contributed by atoms with van der Waals surface area (Å²) in [4.78, 5) is 25.8. The fraction of sp³-hybridized carbons (Fsp3) is 0.333. The summed E-state index contributed by atoms with van der Waals surface area (Å²) in [5, 5.41) is 37.7. The SMILES string of the molecule is COc1cc(CN(CCCCC(N)C(N)=O)C(=O)c2cc(F)cc(B(O)O)c2)ccc1B(O)O. The van der Waals surface area contributed by atoms with Crippen molar-refractivity contribution >= 4 is 37.0 Å². The minimum absolute atomic E-state index is 0.0619. The molecule has 0 aliphatic heterocycles. The molecule has 0 aliphatic rings. The van der Waals surface area contributed by atoms with Gasteiger partial charge in [-0.15, -0.1) is 0 Å². The van der Waals surface area contributed by atoms with Gasteiger partial charge in [-0.3, -0.25) is 9.59 Å². The van der Waals surface area contributed by atoms with E-state index in [4.69, 9.17) is 16.2 Å². The van der Waals surface area contributed by atoms with Crippen molar-refractivity contribution in [1.82, 2.24) is 4.90 Å². The summed E-state index contributed by atoms with van der Waals surface area (Å²) in [5.74, 6) is -1.78. The molecule has 8 N–H and O–H groups in total. The van der Waals surface area contributed by atoms with Crippen molar-refractivity contribution in [3.63, 3.8) is 0 Å². The molecule has 2 aromatic rings. The number of ether oxygens (including phenoxy) is 1. The summed E-state index contributed by atoms with van der Waals surface area (Å²) in [6, 6.07) is 6.90. The molecule has 0 spiro atoms. The second kappa shape index (κ2) is 12.5. The number of rotatable bonds is 12. The van der Waals surface area contributed by atoms with E-state index >= 15 is 0 Å². The summed E-state index contributed by atoms with van der Waals surface area (Å²) in [7, 11) is -2.33. The standard InChI is InChI=1S/C21H28B2FN3O7/c1-34-19-8-13(5-6-17(19)23(32)33)12-27(7-3-2-4-18(25)20(26)28)21(29)14-9-15(22(30)31)11-16(24)10-14/h5-6,8-11,18,30-33H,2-4,7,12,25H2,1H3,(H2,26,28). The molecule has 34 heavy (non-hydrogen) atoms. The van der Waals surface area contributed by atoms with Crippen LogP contribution in [0.4, 0.5) is 4.39 Å². The Morgan fingerprint density at radius 2 is 1.79 bits per heavy atom. The number of carbonyl (C=O) groups is 2. The van der Waals surface area contributed by atoms with Gasteiger partial charge in [0.1, 0.15) is 11.6 Å². The van der Waals surface area contributed by atoms with Crippen molar-refractivity contribution in [2.75, 3.05) is 13.7 Å². The lowest BCUT2D eigenvalue weighted by molar-refractivity contribution is -0.119. The quantitative estimate of drug-likeness (QED) is 0.148. The van der Waals surface area contributed by atoms with E-state index in [0.717, 1.165) is 12.1 Å². The molecule has 0 radical (unpaired) electrons. The third-order valence-corrected chi connectivity index (χ3v) is 5.26. The molecule has 0 saturated carbocycles. The lowest BCUT2D eigenvalue weighted by atomic mass is 9.79. The Morgan fingerprint density at radius 3 is 2.38 bits per heavy atom. The molecule has 0 aromatic heterocycles. The first-order valence-corrected chi connectivity index (χ1v) is 10.6. The van der Waals surface area contributed by atoms with Gasteiger partial charge >= 0.3 is 14.2 Å². The number of hydrogen-bond donors (Lipinski definition) is 6. The number of primary amides is 1. The fourth-order valence-electron chi connectivity index (χ4n) is 3.42. The average molecular weight is 475 g/mol. The van der Waals surface area contributed by atoms with Crippen molar-refractivity contribution in [3.05, 3.63) is 53.3 Å². The predicted octanol–water partition coefficient (Wildman–Crippen LogP) is -2.18. The van der Waals surface area contributed by atoms with Crippen LogP contribution in [0, 0.1) is 5.82 Å². The van der Waals surface area contributed by atoms with Gasteiger partial charge in [-0.25, -0.2) is 4.39 Å². The minimum Gasteiger partial charge on any atom is -0.497 e. The summed E-state index contributed by atoms with van der Waals surface area (Å²) in [6.07, 6.45) is 1.29. The third kappa shape index (κ3) is 7.54. The predicted molar refractivity (Wildman–Crippen MR) is 125 cm³/mol. The number of nitrogens with zero attached hydrogens (tertiary/aromatic N) is 1. The molecule has 0 bridgehead atoms. The second-order valence-electron chi connectivity index (χ2n) is 7.83. The zero-order valence-electron chi connectivity index (χ0n) is 18.7. The van der Waals surface area contributed by atoms with Crippen LogP contribution >= 0.6 is 0 Å². The van der Waals surface area contributed by atoms with E-state index in [9.17, 15) is 34.1 Å². The Balaban J connectivity index is 2.29. The number of methoxy groups -OCH3 is 1. The first-order chi connectivity index (χ1) is 16.0. The topological polar surface area (TPSA) is 180 Å². The van der Waals surface area contributed by atoms with E-state index in [-0.39, 0.29) is 35.3 Å². The van der Waals surface area contributed by atoms with E-state index in [1.807, 2.05) is 0 Å². The molecule has 1 unspecified atom stereocenters. The molecule has 2 rings (SSSR count). The zero-order valence-corrected chi connectivity index (χ0v) is 18.7. The molecular weight excluding hydrogens is 447 g/mol. The van der Waals surface area contributed by atoms with E-state index < -0.39 is 37.9 Å². The molecule has 0 fully saturated rings. The van der Waals surface area contributed by atoms with Crippen molar-refractivity contribution in [2.45, 2.75) is 31.8 Å². The van der Waals surface area contributed by atoms with E-state index in [1.54, 1.807) is 12.1 Å². The molecule has 0 aliphatic carbocycles. The summed E-state index contributed by atoms with van der Waals surface area (Å²) in [6.45, 7) is 0.275. The largest absolute Gasteiger partial charge is 0.497 e. The fourth-order valence-corrected chi connectivity index (χ4v) is 3.42. The van der Waals surface area contributed by atoms with Gasteiger partial charge in [0.15, 0.2) is 0 Å². The van der Waals surface area contributed by atoms with Gasteiger partial charge in [0.2, 0.25) is 5.91 Å². The number of halogens is 1. The van der Waals surface area contributed by atoms with Crippen LogP contribution in [0.25, 0.3) is 0 Å². The zero-order chi connectivity index (χ0) is 25.4. The normalized spacial score (nSPS) is 11.6. The molecule has 10 nitrogen and oxygen atoms in total. The highest BCUT2D eigenvalue weighted by molar-refractivity contribution is 6.59.